The van der Waals surface area contributed by atoms with Gasteiger partial charge in [0, 0.05) is 13.1 Å². The molecule has 0 unspecified atom stereocenters. The molecule has 3 aromatic rings. The smallest absolute Gasteiger partial charge is 0.203 e. The van der Waals surface area contributed by atoms with E-state index in [1.165, 1.54) is 6.08 Å². The molecule has 1 aromatic heterocycles. The van der Waals surface area contributed by atoms with Crippen molar-refractivity contribution in [3.05, 3.63) is 82.3 Å². The highest BCUT2D eigenvalue weighted by Gasteiger charge is 2.34. The Bertz CT molecular complexity index is 1030. The van der Waals surface area contributed by atoms with Crippen LogP contribution >= 0.6 is 15.9 Å². The average molecular weight is 392 g/mol. The Morgan fingerprint density at radius 1 is 0.760 bits per heavy atom. The number of fused-ring (bicyclic) bond motifs is 1. The molecule has 4 rings (SSSR count). The third kappa shape index (κ3) is 2.41. The predicted molar refractivity (Wildman–Crippen MR) is 102 cm³/mol. The maximum atomic E-state index is 12.9. The largest absolute Gasteiger partial charge is 0.342 e. The lowest BCUT2D eigenvalue weighted by Crippen LogP contribution is -2.13. The lowest BCUT2D eigenvalue weighted by atomic mass is 9.92. The molecular weight excluding hydrogens is 378 g/mol. The van der Waals surface area contributed by atoms with Crippen molar-refractivity contribution in [3.63, 3.8) is 0 Å². The number of ketones is 2. The second-order valence-electron chi connectivity index (χ2n) is 5.92. The minimum absolute atomic E-state index is 0.155. The van der Waals surface area contributed by atoms with E-state index in [4.69, 9.17) is 0 Å². The second-order valence-corrected chi connectivity index (χ2v) is 6.78. The molecule has 0 radical (unpaired) electrons. The molecule has 4 heteroatoms. The first-order valence-corrected chi connectivity index (χ1v) is 8.68. The first kappa shape index (κ1) is 15.8. The number of hydrogen-bond acceptors (Lipinski definition) is 2. The summed E-state index contributed by atoms with van der Waals surface area (Å²) in [6.45, 7) is 0. The van der Waals surface area contributed by atoms with Crippen molar-refractivity contribution in [2.45, 2.75) is 0 Å². The Labute approximate surface area is 153 Å². The van der Waals surface area contributed by atoms with Crippen molar-refractivity contribution in [2.24, 2.45) is 7.05 Å². The highest BCUT2D eigenvalue weighted by Crippen LogP contribution is 2.41. The minimum atomic E-state index is -0.161. The van der Waals surface area contributed by atoms with Crippen LogP contribution in [-0.2, 0) is 7.05 Å². The van der Waals surface area contributed by atoms with Crippen molar-refractivity contribution in [1.29, 1.82) is 0 Å². The van der Waals surface area contributed by atoms with E-state index in [1.807, 2.05) is 72.3 Å². The second kappa shape index (κ2) is 5.97. The van der Waals surface area contributed by atoms with Gasteiger partial charge in [0.25, 0.3) is 0 Å². The lowest BCUT2D eigenvalue weighted by molar-refractivity contribution is 0.0993. The van der Waals surface area contributed by atoms with E-state index in [-0.39, 0.29) is 11.6 Å². The summed E-state index contributed by atoms with van der Waals surface area (Å²) < 4.78 is 2.25. The van der Waals surface area contributed by atoms with Crippen LogP contribution in [0, 0.1) is 0 Å². The summed E-state index contributed by atoms with van der Waals surface area (Å²) in [6, 6.07) is 19.4. The number of allylic oxidation sites excluding steroid dienone is 2. The van der Waals surface area contributed by atoms with Gasteiger partial charge in [-0.1, -0.05) is 60.7 Å². The summed E-state index contributed by atoms with van der Waals surface area (Å²) in [7, 11) is 1.90. The number of carbonyl (C=O) groups is 2. The number of aromatic nitrogens is 1. The van der Waals surface area contributed by atoms with Gasteiger partial charge in [0.2, 0.25) is 5.78 Å². The van der Waals surface area contributed by atoms with Gasteiger partial charge in [0.15, 0.2) is 5.78 Å². The van der Waals surface area contributed by atoms with Crippen LogP contribution in [0.25, 0.3) is 22.5 Å². The van der Waals surface area contributed by atoms with Gasteiger partial charge in [-0.3, -0.25) is 9.59 Å². The lowest BCUT2D eigenvalue weighted by Gasteiger charge is -2.10. The van der Waals surface area contributed by atoms with Crippen LogP contribution < -0.4 is 0 Å². The Hall–Kier alpha value is -2.72. The fourth-order valence-corrected chi connectivity index (χ4v) is 3.79. The average Bonchev–Trinajstić information content (AvgIpc) is 2.95. The molecule has 1 heterocycles. The first-order chi connectivity index (χ1) is 12.1. The molecule has 0 spiro atoms. The zero-order chi connectivity index (χ0) is 17.6. The fraction of sp³-hybridized carbons (Fsp3) is 0.0476. The zero-order valence-corrected chi connectivity index (χ0v) is 15.1. The third-order valence-corrected chi connectivity index (χ3v) is 5.03. The molecule has 1 aliphatic rings. The van der Waals surface area contributed by atoms with E-state index in [0.29, 0.717) is 15.6 Å². The Kier molecular flexibility index (Phi) is 3.77. The summed E-state index contributed by atoms with van der Waals surface area (Å²) in [5, 5.41) is 0. The van der Waals surface area contributed by atoms with Crippen LogP contribution in [-0.4, -0.2) is 16.1 Å². The number of halogens is 1. The van der Waals surface area contributed by atoms with Gasteiger partial charge in [-0.2, -0.15) is 0 Å². The van der Waals surface area contributed by atoms with E-state index < -0.39 is 0 Å². The van der Waals surface area contributed by atoms with Gasteiger partial charge < -0.3 is 4.57 Å². The van der Waals surface area contributed by atoms with Crippen molar-refractivity contribution < 1.29 is 9.59 Å². The van der Waals surface area contributed by atoms with Crippen LogP contribution in [0.4, 0.5) is 0 Å². The molecule has 0 saturated carbocycles. The van der Waals surface area contributed by atoms with Gasteiger partial charge in [-0.15, -0.1) is 0 Å². The first-order valence-electron chi connectivity index (χ1n) is 7.89. The van der Waals surface area contributed by atoms with Gasteiger partial charge in [0.1, 0.15) is 0 Å². The number of carbonyl (C=O) groups excluding carboxylic acids is 2. The van der Waals surface area contributed by atoms with Gasteiger partial charge in [-0.25, -0.2) is 0 Å². The van der Waals surface area contributed by atoms with Crippen molar-refractivity contribution >= 4 is 27.5 Å². The minimum Gasteiger partial charge on any atom is -0.342 e. The molecular formula is C21H14BrNO2. The number of benzene rings is 2. The maximum absolute atomic E-state index is 12.9. The molecule has 25 heavy (non-hydrogen) atoms. The highest BCUT2D eigenvalue weighted by molar-refractivity contribution is 9.12. The normalized spacial score (nSPS) is 13.6. The molecule has 122 valence electrons. The summed E-state index contributed by atoms with van der Waals surface area (Å²) in [5.74, 6) is -0.315. The summed E-state index contributed by atoms with van der Waals surface area (Å²) >= 11 is 3.24. The van der Waals surface area contributed by atoms with E-state index in [0.717, 1.165) is 22.5 Å². The Morgan fingerprint density at radius 3 is 1.76 bits per heavy atom. The molecule has 1 aliphatic carbocycles. The van der Waals surface area contributed by atoms with Crippen LogP contribution in [0.3, 0.4) is 0 Å². The quantitative estimate of drug-likeness (QED) is 0.615. The summed E-state index contributed by atoms with van der Waals surface area (Å²) in [4.78, 5) is 25.6. The standard InChI is InChI=1S/C21H14BrNO2/c1-23-19(13-8-4-2-5-9-13)17-16(24)12-15(22)21(25)18(17)20(23)14-10-6-3-7-11-14/h2-12H,1H3. The molecule has 0 atom stereocenters. The van der Waals surface area contributed by atoms with E-state index in [1.54, 1.807) is 0 Å². The van der Waals surface area contributed by atoms with E-state index in [9.17, 15) is 9.59 Å². The SMILES string of the molecule is Cn1c(-c2ccccc2)c2c(c1-c1ccccc1)C(=O)C(Br)=CC2=O. The molecule has 0 N–H and O–H groups in total. The third-order valence-electron chi connectivity index (χ3n) is 4.44. The van der Waals surface area contributed by atoms with Crippen molar-refractivity contribution in [2.75, 3.05) is 0 Å². The van der Waals surface area contributed by atoms with Crippen LogP contribution in [0.2, 0.25) is 0 Å². The highest BCUT2D eigenvalue weighted by atomic mass is 79.9. The fourth-order valence-electron chi connectivity index (χ4n) is 3.39. The van der Waals surface area contributed by atoms with Gasteiger partial charge in [0.05, 0.1) is 27.0 Å². The molecule has 0 aliphatic heterocycles. The van der Waals surface area contributed by atoms with Crippen LogP contribution in [0.1, 0.15) is 20.7 Å². The molecule has 0 fully saturated rings. The van der Waals surface area contributed by atoms with Crippen molar-refractivity contribution in [1.82, 2.24) is 4.57 Å². The topological polar surface area (TPSA) is 39.1 Å². The zero-order valence-electron chi connectivity index (χ0n) is 13.5. The number of hydrogen-bond donors (Lipinski definition) is 0. The number of nitrogens with zero attached hydrogens (tertiary/aromatic N) is 1. The predicted octanol–water partition coefficient (Wildman–Crippen LogP) is 5.02. The van der Waals surface area contributed by atoms with Crippen LogP contribution in [0.15, 0.2) is 71.2 Å². The Balaban J connectivity index is 2.12. The molecule has 3 nitrogen and oxygen atoms in total. The van der Waals surface area contributed by atoms with E-state index >= 15 is 0 Å². The van der Waals surface area contributed by atoms with Gasteiger partial charge >= 0.3 is 0 Å². The Morgan fingerprint density at radius 2 is 1.24 bits per heavy atom. The molecule has 0 saturated heterocycles. The van der Waals surface area contributed by atoms with Gasteiger partial charge in [-0.05, 0) is 27.1 Å². The van der Waals surface area contributed by atoms with Crippen molar-refractivity contribution in [3.8, 4) is 22.5 Å². The monoisotopic (exact) mass is 391 g/mol. The van der Waals surface area contributed by atoms with Crippen LogP contribution in [0.5, 0.6) is 0 Å². The molecule has 0 amide bonds. The number of rotatable bonds is 2. The summed E-state index contributed by atoms with van der Waals surface area (Å²) in [6.07, 6.45) is 1.37. The summed E-state index contributed by atoms with van der Waals surface area (Å²) in [5.41, 5.74) is 4.29. The van der Waals surface area contributed by atoms with E-state index in [2.05, 4.69) is 15.9 Å². The molecule has 2 aromatic carbocycles. The maximum Gasteiger partial charge on any atom is 0.203 e. The molecule has 0 bridgehead atoms. The number of Topliss-reactive ketones (excluding diaryl/α,β-unsaturated/α-hetero) is 1.